The Kier molecular flexibility index (Phi) is 6.47. The lowest BCUT2D eigenvalue weighted by molar-refractivity contribution is 0.211. The Hall–Kier alpha value is -2.08. The number of hydrogen-bond acceptors (Lipinski definition) is 5. The van der Waals surface area contributed by atoms with Crippen molar-refractivity contribution in [2.24, 2.45) is 0 Å². The number of likely N-dealkylation sites (tertiary alicyclic amines) is 1. The summed E-state index contributed by atoms with van der Waals surface area (Å²) in [7, 11) is 0. The van der Waals surface area contributed by atoms with Crippen molar-refractivity contribution < 1.29 is 0 Å². The van der Waals surface area contributed by atoms with Gasteiger partial charge in [-0.1, -0.05) is 54.1 Å². The molecule has 28 heavy (non-hydrogen) atoms. The highest BCUT2D eigenvalue weighted by Gasteiger charge is 2.19. The maximum atomic E-state index is 5.93. The molecule has 0 radical (unpaired) electrons. The Morgan fingerprint density at radius 1 is 1.00 bits per heavy atom. The minimum absolute atomic E-state index is 0.507. The standard InChI is InChI=1S/C22H25ClN4S/c23-22-25-15-19(28-22)14-24-20-8-4-5-9-21(20)26-18-10-12-27(13-11-18)16-17-6-2-1-3-7-17/h1-9,15,18,24,26H,10-14,16H2. The van der Waals surface area contributed by atoms with E-state index in [1.807, 2.05) is 6.20 Å². The van der Waals surface area contributed by atoms with Gasteiger partial charge in [0.15, 0.2) is 4.47 Å². The van der Waals surface area contributed by atoms with Gasteiger partial charge in [0.05, 0.1) is 17.9 Å². The number of rotatable bonds is 7. The number of nitrogens with zero attached hydrogens (tertiary/aromatic N) is 2. The van der Waals surface area contributed by atoms with Gasteiger partial charge in [0.2, 0.25) is 0 Å². The fourth-order valence-electron chi connectivity index (χ4n) is 3.61. The molecule has 2 aromatic carbocycles. The number of nitrogens with one attached hydrogen (secondary N) is 2. The summed E-state index contributed by atoms with van der Waals surface area (Å²) in [5.74, 6) is 0. The van der Waals surface area contributed by atoms with Gasteiger partial charge in [-0.3, -0.25) is 4.90 Å². The van der Waals surface area contributed by atoms with E-state index >= 15 is 0 Å². The molecule has 0 bridgehead atoms. The number of halogens is 1. The van der Waals surface area contributed by atoms with E-state index < -0.39 is 0 Å². The van der Waals surface area contributed by atoms with Gasteiger partial charge in [-0.2, -0.15) is 0 Å². The lowest BCUT2D eigenvalue weighted by Crippen LogP contribution is -2.38. The first-order chi connectivity index (χ1) is 13.8. The summed E-state index contributed by atoms with van der Waals surface area (Å²) >= 11 is 7.44. The third-order valence-corrected chi connectivity index (χ3v) is 6.22. The van der Waals surface area contributed by atoms with E-state index in [-0.39, 0.29) is 0 Å². The van der Waals surface area contributed by atoms with Gasteiger partial charge < -0.3 is 10.6 Å². The molecule has 6 heteroatoms. The molecule has 1 aliphatic rings. The van der Waals surface area contributed by atoms with Gasteiger partial charge >= 0.3 is 0 Å². The predicted molar refractivity (Wildman–Crippen MR) is 119 cm³/mol. The van der Waals surface area contributed by atoms with Crippen molar-refractivity contribution in [2.45, 2.75) is 32.0 Å². The lowest BCUT2D eigenvalue weighted by atomic mass is 10.0. The molecule has 0 atom stereocenters. The van der Waals surface area contributed by atoms with Crippen molar-refractivity contribution in [1.82, 2.24) is 9.88 Å². The van der Waals surface area contributed by atoms with Crippen molar-refractivity contribution in [2.75, 3.05) is 23.7 Å². The lowest BCUT2D eigenvalue weighted by Gasteiger charge is -2.33. The van der Waals surface area contributed by atoms with Crippen LogP contribution in [0.5, 0.6) is 0 Å². The van der Waals surface area contributed by atoms with Crippen LogP contribution in [0.2, 0.25) is 4.47 Å². The molecule has 0 aliphatic carbocycles. The average Bonchev–Trinajstić information content (AvgIpc) is 3.15. The van der Waals surface area contributed by atoms with Crippen LogP contribution in [0, 0.1) is 0 Å². The summed E-state index contributed by atoms with van der Waals surface area (Å²) in [5, 5.41) is 7.26. The van der Waals surface area contributed by atoms with Gasteiger partial charge in [-0.05, 0) is 30.5 Å². The second-order valence-electron chi connectivity index (χ2n) is 7.16. The molecule has 146 valence electrons. The molecular formula is C22H25ClN4S. The minimum atomic E-state index is 0.507. The first-order valence-corrected chi connectivity index (χ1v) is 10.9. The summed E-state index contributed by atoms with van der Waals surface area (Å²) in [6.45, 7) is 4.03. The first-order valence-electron chi connectivity index (χ1n) is 9.72. The van der Waals surface area contributed by atoms with Crippen molar-refractivity contribution >= 4 is 34.3 Å². The number of piperidine rings is 1. The van der Waals surface area contributed by atoms with Crippen LogP contribution in [0.4, 0.5) is 11.4 Å². The summed E-state index contributed by atoms with van der Waals surface area (Å²) in [6.07, 6.45) is 4.15. The second-order valence-corrected chi connectivity index (χ2v) is 8.86. The second kappa shape index (κ2) is 9.41. The van der Waals surface area contributed by atoms with Crippen LogP contribution in [0.25, 0.3) is 0 Å². The maximum absolute atomic E-state index is 5.93. The Labute approximate surface area is 175 Å². The third kappa shape index (κ3) is 5.25. The molecule has 1 saturated heterocycles. The first kappa shape index (κ1) is 19.2. The third-order valence-electron chi connectivity index (χ3n) is 5.10. The number of benzene rings is 2. The van der Waals surface area contributed by atoms with Gasteiger partial charge in [0, 0.05) is 36.8 Å². The Morgan fingerprint density at radius 2 is 1.71 bits per heavy atom. The quantitative estimate of drug-likeness (QED) is 0.538. The van der Waals surface area contributed by atoms with Crippen LogP contribution < -0.4 is 10.6 Å². The van der Waals surface area contributed by atoms with Crippen LogP contribution in [0.1, 0.15) is 23.3 Å². The highest BCUT2D eigenvalue weighted by molar-refractivity contribution is 7.15. The Bertz CT molecular complexity index is 875. The van der Waals surface area contributed by atoms with Crippen LogP contribution in [0.3, 0.4) is 0 Å². The normalized spacial score (nSPS) is 15.5. The number of hydrogen-bond donors (Lipinski definition) is 2. The zero-order valence-electron chi connectivity index (χ0n) is 15.8. The Morgan fingerprint density at radius 3 is 2.43 bits per heavy atom. The van der Waals surface area contributed by atoms with Crippen molar-refractivity contribution in [3.63, 3.8) is 0 Å². The topological polar surface area (TPSA) is 40.2 Å². The van der Waals surface area contributed by atoms with Crippen molar-refractivity contribution in [3.8, 4) is 0 Å². The maximum Gasteiger partial charge on any atom is 0.183 e. The van der Waals surface area contributed by atoms with Crippen LogP contribution in [0.15, 0.2) is 60.8 Å². The zero-order valence-corrected chi connectivity index (χ0v) is 17.3. The summed E-state index contributed by atoms with van der Waals surface area (Å²) in [4.78, 5) is 7.79. The van der Waals surface area contributed by atoms with E-state index in [1.165, 1.54) is 22.6 Å². The number of para-hydroxylation sites is 2. The van der Waals surface area contributed by atoms with E-state index in [2.05, 4.69) is 75.1 Å². The van der Waals surface area contributed by atoms with Crippen molar-refractivity contribution in [1.29, 1.82) is 0 Å². The van der Waals surface area contributed by atoms with Crippen LogP contribution in [-0.2, 0) is 13.1 Å². The average molecular weight is 413 g/mol. The van der Waals surface area contributed by atoms with Gasteiger partial charge in [-0.15, -0.1) is 11.3 Å². The Balaban J connectivity index is 1.30. The van der Waals surface area contributed by atoms with E-state index in [1.54, 1.807) is 0 Å². The summed E-state index contributed by atoms with van der Waals surface area (Å²) in [5.41, 5.74) is 3.69. The number of thiazole rings is 1. The SMILES string of the molecule is Clc1ncc(CNc2ccccc2NC2CCN(Cc3ccccc3)CC2)s1. The van der Waals surface area contributed by atoms with E-state index in [9.17, 15) is 0 Å². The smallest absolute Gasteiger partial charge is 0.183 e. The molecule has 2 heterocycles. The largest absolute Gasteiger partial charge is 0.381 e. The van der Waals surface area contributed by atoms with Crippen LogP contribution >= 0.6 is 22.9 Å². The molecule has 1 fully saturated rings. The van der Waals surface area contributed by atoms with Gasteiger partial charge in [0.1, 0.15) is 0 Å². The van der Waals surface area contributed by atoms with E-state index in [0.717, 1.165) is 49.6 Å². The molecule has 1 aromatic heterocycles. The van der Waals surface area contributed by atoms with E-state index in [0.29, 0.717) is 10.5 Å². The summed E-state index contributed by atoms with van der Waals surface area (Å²) < 4.78 is 0.588. The molecule has 4 rings (SSSR count). The summed E-state index contributed by atoms with van der Waals surface area (Å²) in [6, 6.07) is 19.7. The molecular weight excluding hydrogens is 388 g/mol. The predicted octanol–water partition coefficient (Wildman–Crippen LogP) is 5.49. The highest BCUT2D eigenvalue weighted by atomic mass is 35.5. The molecule has 0 unspecified atom stereocenters. The fraction of sp³-hybridized carbons (Fsp3) is 0.318. The van der Waals surface area contributed by atoms with Gasteiger partial charge in [-0.25, -0.2) is 4.98 Å². The van der Waals surface area contributed by atoms with Crippen molar-refractivity contribution in [3.05, 3.63) is 75.7 Å². The number of anilines is 2. The molecule has 3 aromatic rings. The van der Waals surface area contributed by atoms with E-state index in [4.69, 9.17) is 11.6 Å². The molecule has 0 spiro atoms. The fourth-order valence-corrected chi connectivity index (χ4v) is 4.53. The highest BCUT2D eigenvalue weighted by Crippen LogP contribution is 2.26. The van der Waals surface area contributed by atoms with Gasteiger partial charge in [0.25, 0.3) is 0 Å². The molecule has 0 saturated carbocycles. The minimum Gasteiger partial charge on any atom is -0.381 e. The molecule has 2 N–H and O–H groups in total. The monoisotopic (exact) mass is 412 g/mol. The molecule has 4 nitrogen and oxygen atoms in total. The zero-order chi connectivity index (χ0) is 19.2. The number of aromatic nitrogens is 1. The van der Waals surface area contributed by atoms with Crippen LogP contribution in [-0.4, -0.2) is 29.0 Å². The molecule has 1 aliphatic heterocycles. The molecule has 0 amide bonds.